The molecule has 1 aromatic carbocycles. The van der Waals surface area contributed by atoms with Crippen LogP contribution in [0.25, 0.3) is 0 Å². The average Bonchev–Trinajstić information content (AvgIpc) is 2.30. The van der Waals surface area contributed by atoms with Crippen LogP contribution in [0.5, 0.6) is 0 Å². The molecule has 0 saturated heterocycles. The van der Waals surface area contributed by atoms with Crippen molar-refractivity contribution in [3.63, 3.8) is 0 Å². The Hall–Kier alpha value is -1.61. The Morgan fingerprint density at radius 2 is 1.87 bits per heavy atom. The Labute approximate surface area is 89.3 Å². The van der Waals surface area contributed by atoms with Crippen LogP contribution in [0.3, 0.4) is 0 Å². The van der Waals surface area contributed by atoms with Crippen molar-refractivity contribution in [1.29, 1.82) is 0 Å². The molecule has 2 heterocycles. The molecule has 15 heavy (non-hydrogen) atoms. The third-order valence-electron chi connectivity index (χ3n) is 2.79. The molecule has 2 nitrogen and oxygen atoms in total. The Morgan fingerprint density at radius 3 is 2.80 bits per heavy atom. The monoisotopic (exact) mass is 211 g/mol. The van der Waals surface area contributed by atoms with Gasteiger partial charge in [-0.3, -0.25) is 4.98 Å². The highest BCUT2D eigenvalue weighted by Gasteiger charge is 2.24. The van der Waals surface area contributed by atoms with Gasteiger partial charge in [-0.15, -0.1) is 0 Å². The molecule has 1 aromatic heterocycles. The van der Waals surface area contributed by atoms with Gasteiger partial charge in [0.05, 0.1) is 0 Å². The van der Waals surface area contributed by atoms with Gasteiger partial charge in [-0.2, -0.15) is 0 Å². The first-order chi connectivity index (χ1) is 7.36. The van der Waals surface area contributed by atoms with Gasteiger partial charge in [0, 0.05) is 22.8 Å². The third kappa shape index (κ3) is 1.27. The number of fused-ring (bicyclic) bond motifs is 2. The molecule has 0 amide bonds. The summed E-state index contributed by atoms with van der Waals surface area (Å²) in [6.07, 6.45) is 4.40. The maximum absolute atomic E-state index is 12.3. The predicted octanol–water partition coefficient (Wildman–Crippen LogP) is 0.522. The van der Waals surface area contributed by atoms with Crippen molar-refractivity contribution in [2.24, 2.45) is 0 Å². The van der Waals surface area contributed by atoms with Crippen LogP contribution >= 0.6 is 0 Å². The zero-order valence-corrected chi connectivity index (χ0v) is 9.10. The van der Waals surface area contributed by atoms with Crippen LogP contribution in [0.15, 0.2) is 42.7 Å². The van der Waals surface area contributed by atoms with Crippen molar-refractivity contribution in [1.82, 2.24) is 4.98 Å². The standard InChI is InChI=1S/C12H9NOSi/c14-15-11-4-2-1-3-9(11)7-10-8-13-6-5-12(10)15/h1-6,8H,7H2. The van der Waals surface area contributed by atoms with Gasteiger partial charge in [0.2, 0.25) is 0 Å². The van der Waals surface area contributed by atoms with Crippen molar-refractivity contribution in [3.8, 4) is 0 Å². The summed E-state index contributed by atoms with van der Waals surface area (Å²) >= 11 is 0. The number of aromatic nitrogens is 1. The SMILES string of the molecule is O=[Si]1c2ccccc2Cc2cnccc21. The van der Waals surface area contributed by atoms with Crippen LogP contribution < -0.4 is 10.4 Å². The van der Waals surface area contributed by atoms with E-state index in [1.807, 2.05) is 36.5 Å². The molecule has 2 aromatic rings. The minimum absolute atomic E-state index is 0.857. The maximum atomic E-state index is 12.3. The first kappa shape index (κ1) is 8.68. The first-order valence-electron chi connectivity index (χ1n) is 4.92. The van der Waals surface area contributed by atoms with Crippen molar-refractivity contribution in [2.45, 2.75) is 6.42 Å². The Bertz CT molecular complexity index is 503. The minimum Gasteiger partial charge on any atom is -0.376 e. The average molecular weight is 211 g/mol. The van der Waals surface area contributed by atoms with Crippen LogP contribution in [-0.2, 0) is 10.9 Å². The predicted molar refractivity (Wildman–Crippen MR) is 59.2 cm³/mol. The van der Waals surface area contributed by atoms with E-state index < -0.39 is 8.68 Å². The summed E-state index contributed by atoms with van der Waals surface area (Å²) in [5.41, 5.74) is 2.29. The Balaban J connectivity index is 2.24. The zero-order chi connectivity index (χ0) is 10.3. The van der Waals surface area contributed by atoms with E-state index in [2.05, 4.69) is 4.98 Å². The smallest absolute Gasteiger partial charge is 0.347 e. The molecule has 0 atom stereocenters. The quantitative estimate of drug-likeness (QED) is 0.507. The second kappa shape index (κ2) is 3.20. The van der Waals surface area contributed by atoms with E-state index in [-0.39, 0.29) is 0 Å². The van der Waals surface area contributed by atoms with Crippen LogP contribution in [0.4, 0.5) is 0 Å². The highest BCUT2D eigenvalue weighted by Crippen LogP contribution is 2.09. The summed E-state index contributed by atoms with van der Waals surface area (Å²) in [5, 5.41) is 2.00. The first-order valence-corrected chi connectivity index (χ1v) is 6.32. The fourth-order valence-electron chi connectivity index (χ4n) is 2.04. The molecule has 0 fully saturated rings. The van der Waals surface area contributed by atoms with Crippen LogP contribution in [-0.4, -0.2) is 13.7 Å². The van der Waals surface area contributed by atoms with Crippen molar-refractivity contribution in [2.75, 3.05) is 0 Å². The maximum Gasteiger partial charge on any atom is 0.347 e. The van der Waals surface area contributed by atoms with E-state index >= 15 is 0 Å². The normalized spacial score (nSPS) is 13.2. The van der Waals surface area contributed by atoms with Crippen LogP contribution in [0.2, 0.25) is 0 Å². The minimum atomic E-state index is -1.80. The lowest BCUT2D eigenvalue weighted by molar-refractivity contribution is 0.575. The molecule has 3 rings (SSSR count). The summed E-state index contributed by atoms with van der Waals surface area (Å²) in [4.78, 5) is 4.08. The van der Waals surface area contributed by atoms with E-state index in [1.165, 1.54) is 5.56 Å². The molecule has 72 valence electrons. The topological polar surface area (TPSA) is 30.0 Å². The van der Waals surface area contributed by atoms with Gasteiger partial charge in [0.25, 0.3) is 0 Å². The second-order valence-electron chi connectivity index (χ2n) is 3.70. The van der Waals surface area contributed by atoms with E-state index in [0.29, 0.717) is 0 Å². The summed E-state index contributed by atoms with van der Waals surface area (Å²) < 4.78 is 12.3. The van der Waals surface area contributed by atoms with Gasteiger partial charge in [-0.1, -0.05) is 24.3 Å². The van der Waals surface area contributed by atoms with Gasteiger partial charge in [-0.25, -0.2) is 0 Å². The van der Waals surface area contributed by atoms with Gasteiger partial charge >= 0.3 is 8.68 Å². The molecule has 3 heteroatoms. The van der Waals surface area contributed by atoms with Gasteiger partial charge in [0.15, 0.2) is 0 Å². The second-order valence-corrected chi connectivity index (χ2v) is 5.43. The molecule has 0 aliphatic carbocycles. The highest BCUT2D eigenvalue weighted by atomic mass is 28.3. The Kier molecular flexibility index (Phi) is 1.85. The summed E-state index contributed by atoms with van der Waals surface area (Å²) in [6.45, 7) is 0. The molecule has 0 radical (unpaired) electrons. The van der Waals surface area contributed by atoms with Crippen LogP contribution in [0.1, 0.15) is 11.1 Å². The van der Waals surface area contributed by atoms with E-state index in [4.69, 9.17) is 0 Å². The van der Waals surface area contributed by atoms with Gasteiger partial charge < -0.3 is 4.46 Å². The van der Waals surface area contributed by atoms with Crippen LogP contribution in [0, 0.1) is 0 Å². The molecule has 0 saturated carbocycles. The van der Waals surface area contributed by atoms with Crippen molar-refractivity contribution < 1.29 is 4.46 Å². The van der Waals surface area contributed by atoms with Crippen molar-refractivity contribution in [3.05, 3.63) is 53.9 Å². The number of hydrogen-bond donors (Lipinski definition) is 0. The summed E-state index contributed by atoms with van der Waals surface area (Å²) in [7, 11) is -1.80. The molecule has 0 unspecified atom stereocenters. The van der Waals surface area contributed by atoms with Gasteiger partial charge in [-0.05, 0) is 23.6 Å². The third-order valence-corrected chi connectivity index (χ3v) is 4.75. The molecular formula is C12H9NOSi. The lowest BCUT2D eigenvalue weighted by atomic mass is 10.1. The fourth-order valence-corrected chi connectivity index (χ4v) is 3.71. The van der Waals surface area contributed by atoms with E-state index in [1.54, 1.807) is 6.20 Å². The lowest BCUT2D eigenvalue weighted by Crippen LogP contribution is -2.42. The van der Waals surface area contributed by atoms with E-state index in [0.717, 1.165) is 22.4 Å². The number of hydrogen-bond acceptors (Lipinski definition) is 2. The Morgan fingerprint density at radius 1 is 1.07 bits per heavy atom. The largest absolute Gasteiger partial charge is 0.376 e. The number of pyridine rings is 1. The number of benzene rings is 1. The highest BCUT2D eigenvalue weighted by molar-refractivity contribution is 6.74. The fraction of sp³-hybridized carbons (Fsp3) is 0.0833. The van der Waals surface area contributed by atoms with Gasteiger partial charge in [0.1, 0.15) is 0 Å². The zero-order valence-electron chi connectivity index (χ0n) is 8.10. The number of nitrogens with zero attached hydrogens (tertiary/aromatic N) is 1. The molecule has 0 bridgehead atoms. The summed E-state index contributed by atoms with van der Waals surface area (Å²) in [6, 6.07) is 9.85. The van der Waals surface area contributed by atoms with E-state index in [9.17, 15) is 4.46 Å². The van der Waals surface area contributed by atoms with Crippen molar-refractivity contribution >= 4 is 19.1 Å². The number of rotatable bonds is 0. The summed E-state index contributed by atoms with van der Waals surface area (Å²) in [5.74, 6) is 0. The molecular weight excluding hydrogens is 202 g/mol. The molecule has 1 aliphatic heterocycles. The molecule has 1 aliphatic rings. The molecule has 0 spiro atoms. The lowest BCUT2D eigenvalue weighted by Gasteiger charge is -2.16. The molecule has 0 N–H and O–H groups in total.